The Morgan fingerprint density at radius 1 is 1.04 bits per heavy atom. The Hall–Kier alpha value is -2.10. The summed E-state index contributed by atoms with van der Waals surface area (Å²) in [7, 11) is 0. The zero-order valence-electron chi connectivity index (χ0n) is 15.9. The van der Waals surface area contributed by atoms with Crippen molar-refractivity contribution in [3.8, 4) is 0 Å². The summed E-state index contributed by atoms with van der Waals surface area (Å²) < 4.78 is 0. The molecule has 5 heteroatoms. The average Bonchev–Trinajstić information content (AvgIpc) is 2.65. The summed E-state index contributed by atoms with van der Waals surface area (Å²) in [5, 5.41) is 0.862. The second-order valence-corrected chi connectivity index (χ2v) is 8.34. The van der Waals surface area contributed by atoms with E-state index in [0.29, 0.717) is 22.9 Å². The van der Waals surface area contributed by atoms with Gasteiger partial charge in [-0.15, -0.1) is 0 Å². The van der Waals surface area contributed by atoms with Crippen LogP contribution in [0.5, 0.6) is 0 Å². The van der Waals surface area contributed by atoms with Crippen LogP contribution in [-0.2, 0) is 9.59 Å². The Labute approximate surface area is 174 Å². The third kappa shape index (κ3) is 3.17. The number of carbonyl (C=O) groups is 2. The third-order valence-electron chi connectivity index (χ3n) is 5.63. The average molecular weight is 414 g/mol. The maximum absolute atomic E-state index is 13.3. The second kappa shape index (κ2) is 7.38. The van der Waals surface area contributed by atoms with Crippen LogP contribution < -0.4 is 4.90 Å². The van der Waals surface area contributed by atoms with Gasteiger partial charge in [-0.25, -0.2) is 0 Å². The molecule has 1 heterocycles. The topological polar surface area (TPSA) is 37.4 Å². The van der Waals surface area contributed by atoms with Gasteiger partial charge in [-0.3, -0.25) is 14.5 Å². The minimum atomic E-state index is -0.344. The largest absolute Gasteiger partial charge is 0.294 e. The highest BCUT2D eigenvalue weighted by Gasteiger charge is 2.40. The van der Waals surface area contributed by atoms with E-state index in [0.717, 1.165) is 40.1 Å². The van der Waals surface area contributed by atoms with Crippen LogP contribution in [0.1, 0.15) is 48.3 Å². The van der Waals surface area contributed by atoms with Crippen LogP contribution in [0.2, 0.25) is 10.0 Å². The highest BCUT2D eigenvalue weighted by atomic mass is 35.5. The molecule has 1 amide bonds. The number of carbonyl (C=O) groups excluding carboxylic acids is 2. The van der Waals surface area contributed by atoms with Crippen molar-refractivity contribution in [3.63, 3.8) is 0 Å². The first kappa shape index (κ1) is 19.2. The minimum Gasteiger partial charge on any atom is -0.294 e. The number of halogens is 2. The maximum atomic E-state index is 13.3. The molecule has 1 aliphatic carbocycles. The van der Waals surface area contributed by atoms with Gasteiger partial charge in [0.05, 0.1) is 15.7 Å². The first-order chi connectivity index (χ1) is 13.4. The number of aryl methyl sites for hydroxylation is 2. The predicted octanol–water partition coefficient (Wildman–Crippen LogP) is 6.14. The van der Waals surface area contributed by atoms with E-state index in [-0.39, 0.29) is 24.0 Å². The lowest BCUT2D eigenvalue weighted by atomic mass is 9.77. The molecule has 0 radical (unpaired) electrons. The molecule has 1 unspecified atom stereocenters. The van der Waals surface area contributed by atoms with Crippen molar-refractivity contribution in [2.75, 3.05) is 4.90 Å². The Kier molecular flexibility index (Phi) is 5.07. The quantitative estimate of drug-likeness (QED) is 0.592. The lowest BCUT2D eigenvalue weighted by Crippen LogP contribution is -2.41. The molecule has 0 bridgehead atoms. The molecular formula is C23H21Cl2NO2. The molecule has 0 fully saturated rings. The van der Waals surface area contributed by atoms with E-state index in [2.05, 4.69) is 6.07 Å². The molecule has 1 atom stereocenters. The smallest absolute Gasteiger partial charge is 0.232 e. The van der Waals surface area contributed by atoms with E-state index >= 15 is 0 Å². The van der Waals surface area contributed by atoms with E-state index in [4.69, 9.17) is 23.2 Å². The Bertz CT molecular complexity index is 1030. The van der Waals surface area contributed by atoms with E-state index in [1.165, 1.54) is 0 Å². The minimum absolute atomic E-state index is 0.0126. The van der Waals surface area contributed by atoms with Crippen LogP contribution in [0, 0.1) is 13.8 Å². The van der Waals surface area contributed by atoms with Gasteiger partial charge < -0.3 is 0 Å². The molecule has 2 aromatic carbocycles. The molecule has 4 rings (SSSR count). The predicted molar refractivity (Wildman–Crippen MR) is 113 cm³/mol. The van der Waals surface area contributed by atoms with Crippen LogP contribution in [0.25, 0.3) is 0 Å². The molecular weight excluding hydrogens is 393 g/mol. The summed E-state index contributed by atoms with van der Waals surface area (Å²) in [6.07, 6.45) is 2.16. The molecule has 2 aliphatic rings. The van der Waals surface area contributed by atoms with Crippen LogP contribution in [0.3, 0.4) is 0 Å². The molecule has 1 aliphatic heterocycles. The Balaban J connectivity index is 1.91. The summed E-state index contributed by atoms with van der Waals surface area (Å²) in [4.78, 5) is 28.0. The zero-order chi connectivity index (χ0) is 20.0. The van der Waals surface area contributed by atoms with Crippen LogP contribution in [0.15, 0.2) is 47.7 Å². The maximum Gasteiger partial charge on any atom is 0.232 e. The zero-order valence-corrected chi connectivity index (χ0v) is 17.4. The van der Waals surface area contributed by atoms with E-state index in [9.17, 15) is 9.59 Å². The molecule has 2 aromatic rings. The van der Waals surface area contributed by atoms with Gasteiger partial charge in [0.1, 0.15) is 0 Å². The number of allylic oxidation sites excluding steroid dienone is 2. The summed E-state index contributed by atoms with van der Waals surface area (Å²) >= 11 is 12.7. The number of hydrogen-bond acceptors (Lipinski definition) is 2. The monoisotopic (exact) mass is 413 g/mol. The normalized spacial score (nSPS) is 19.9. The number of amides is 1. The van der Waals surface area contributed by atoms with E-state index < -0.39 is 0 Å². The Morgan fingerprint density at radius 2 is 1.82 bits per heavy atom. The SMILES string of the molecule is Cc1ccc(N2C(=O)CC(c3cccc(Cl)c3Cl)C3=C2CCCC3=O)c(C)c1. The lowest BCUT2D eigenvalue weighted by molar-refractivity contribution is -0.119. The fourth-order valence-corrected chi connectivity index (χ4v) is 4.82. The molecule has 3 nitrogen and oxygen atoms in total. The molecule has 28 heavy (non-hydrogen) atoms. The summed E-state index contributed by atoms with van der Waals surface area (Å²) in [6.45, 7) is 4.03. The van der Waals surface area contributed by atoms with Crippen molar-refractivity contribution in [1.82, 2.24) is 0 Å². The highest BCUT2D eigenvalue weighted by molar-refractivity contribution is 6.42. The van der Waals surface area contributed by atoms with Crippen molar-refractivity contribution in [2.24, 2.45) is 0 Å². The second-order valence-electron chi connectivity index (χ2n) is 7.56. The summed E-state index contributed by atoms with van der Waals surface area (Å²) in [5.41, 5.74) is 5.31. The van der Waals surface area contributed by atoms with Crippen LogP contribution >= 0.6 is 23.2 Å². The van der Waals surface area contributed by atoms with Crippen LogP contribution in [-0.4, -0.2) is 11.7 Å². The number of rotatable bonds is 2. The van der Waals surface area contributed by atoms with Crippen molar-refractivity contribution >= 4 is 40.6 Å². The fourth-order valence-electron chi connectivity index (χ4n) is 4.38. The van der Waals surface area contributed by atoms with Gasteiger partial charge in [0.2, 0.25) is 5.91 Å². The molecule has 0 saturated heterocycles. The van der Waals surface area contributed by atoms with E-state index in [1.807, 2.05) is 38.1 Å². The van der Waals surface area contributed by atoms with Gasteiger partial charge in [-0.05, 0) is 49.9 Å². The fraction of sp³-hybridized carbons (Fsp3) is 0.304. The van der Waals surface area contributed by atoms with Gasteiger partial charge in [0.15, 0.2) is 5.78 Å². The first-order valence-corrected chi connectivity index (χ1v) is 10.2. The summed E-state index contributed by atoms with van der Waals surface area (Å²) in [6, 6.07) is 11.4. The van der Waals surface area contributed by atoms with Gasteiger partial charge in [0.25, 0.3) is 0 Å². The number of benzene rings is 2. The number of Topliss-reactive ketones (excluding diaryl/α,β-unsaturated/α-hetero) is 1. The standard InChI is InChI=1S/C23H21Cl2NO2/c1-13-9-10-18(14(2)11-13)26-19-7-4-8-20(27)22(19)16(12-21(26)28)15-5-3-6-17(24)23(15)25/h3,5-6,9-11,16H,4,7-8,12H2,1-2H3. The van der Waals surface area contributed by atoms with Gasteiger partial charge in [-0.1, -0.05) is 53.0 Å². The highest BCUT2D eigenvalue weighted by Crippen LogP contribution is 2.46. The van der Waals surface area contributed by atoms with Crippen molar-refractivity contribution in [3.05, 3.63) is 74.4 Å². The van der Waals surface area contributed by atoms with E-state index in [1.54, 1.807) is 11.0 Å². The van der Waals surface area contributed by atoms with Gasteiger partial charge in [-0.2, -0.15) is 0 Å². The van der Waals surface area contributed by atoms with Crippen molar-refractivity contribution in [2.45, 2.75) is 45.4 Å². The molecule has 0 N–H and O–H groups in total. The summed E-state index contributed by atoms with van der Waals surface area (Å²) in [5.74, 6) is -0.255. The number of hydrogen-bond donors (Lipinski definition) is 0. The third-order valence-corrected chi connectivity index (χ3v) is 6.46. The number of ketones is 1. The number of nitrogens with zero attached hydrogens (tertiary/aromatic N) is 1. The molecule has 0 spiro atoms. The van der Waals surface area contributed by atoms with Gasteiger partial charge in [0, 0.05) is 30.0 Å². The molecule has 0 aromatic heterocycles. The lowest BCUT2D eigenvalue weighted by Gasteiger charge is -2.39. The van der Waals surface area contributed by atoms with Crippen molar-refractivity contribution in [1.29, 1.82) is 0 Å². The van der Waals surface area contributed by atoms with Gasteiger partial charge >= 0.3 is 0 Å². The molecule has 0 saturated carbocycles. The first-order valence-electron chi connectivity index (χ1n) is 9.49. The molecule has 144 valence electrons. The Morgan fingerprint density at radius 3 is 2.57 bits per heavy atom. The van der Waals surface area contributed by atoms with Crippen molar-refractivity contribution < 1.29 is 9.59 Å². The van der Waals surface area contributed by atoms with Crippen LogP contribution in [0.4, 0.5) is 5.69 Å². The number of anilines is 1.